The smallest absolute Gasteiger partial charge is 0.348 e. The number of nitro benzene ring substituents is 1. The summed E-state index contributed by atoms with van der Waals surface area (Å²) in [6, 6.07) is 12.8. The van der Waals surface area contributed by atoms with Gasteiger partial charge in [-0.05, 0) is 74.7 Å². The van der Waals surface area contributed by atoms with E-state index in [4.69, 9.17) is 18.9 Å². The fraction of sp³-hybridized carbons (Fsp3) is 0.290. The topological polar surface area (TPSA) is 155 Å². The fourth-order valence-corrected chi connectivity index (χ4v) is 5.20. The van der Waals surface area contributed by atoms with Crippen LogP contribution in [0.1, 0.15) is 62.4 Å². The van der Waals surface area contributed by atoms with Crippen LogP contribution in [0.15, 0.2) is 48.0 Å². The Kier molecular flexibility index (Phi) is 11.5. The third kappa shape index (κ3) is 8.27. The summed E-state index contributed by atoms with van der Waals surface area (Å²) < 4.78 is 21.8. The average molecular weight is 607 g/mol. The molecule has 3 rings (SSSR count). The minimum absolute atomic E-state index is 0.0245. The number of allylic oxidation sites excluding steroid dienone is 1. The van der Waals surface area contributed by atoms with Gasteiger partial charge in [0.15, 0.2) is 17.3 Å². The van der Waals surface area contributed by atoms with Gasteiger partial charge in [0, 0.05) is 23.4 Å². The number of hydrogen-bond acceptors (Lipinski definition) is 11. The first kappa shape index (κ1) is 32.5. The lowest BCUT2D eigenvalue weighted by Crippen LogP contribution is -2.12. The molecule has 3 aromatic rings. The lowest BCUT2D eigenvalue weighted by Gasteiger charge is -2.13. The van der Waals surface area contributed by atoms with Gasteiger partial charge in [-0.3, -0.25) is 14.9 Å². The number of esters is 2. The molecule has 0 aliphatic carbocycles. The molecule has 0 aliphatic heterocycles. The summed E-state index contributed by atoms with van der Waals surface area (Å²) in [4.78, 5) is 49.3. The lowest BCUT2D eigenvalue weighted by atomic mass is 10.0. The molecule has 0 unspecified atom stereocenters. The van der Waals surface area contributed by atoms with Crippen molar-refractivity contribution in [3.63, 3.8) is 0 Å². The van der Waals surface area contributed by atoms with E-state index in [1.807, 2.05) is 6.07 Å². The Morgan fingerprint density at radius 3 is 2.23 bits per heavy atom. The quantitative estimate of drug-likeness (QED) is 0.0700. The van der Waals surface area contributed by atoms with Crippen LogP contribution in [0.4, 0.5) is 5.69 Å². The molecule has 0 aliphatic rings. The molecule has 0 spiro atoms. The monoisotopic (exact) mass is 606 g/mol. The van der Waals surface area contributed by atoms with Crippen LogP contribution in [0.5, 0.6) is 11.5 Å². The molecule has 43 heavy (non-hydrogen) atoms. The van der Waals surface area contributed by atoms with Gasteiger partial charge in [-0.2, -0.15) is 5.26 Å². The zero-order valence-electron chi connectivity index (χ0n) is 24.1. The number of non-ortho nitro benzene ring substituents is 1. The van der Waals surface area contributed by atoms with Crippen LogP contribution in [0.3, 0.4) is 0 Å². The summed E-state index contributed by atoms with van der Waals surface area (Å²) in [5.74, 6) is -1.05. The number of thiophene rings is 1. The molecular weight excluding hydrogens is 576 g/mol. The summed E-state index contributed by atoms with van der Waals surface area (Å²) in [7, 11) is 0. The zero-order chi connectivity index (χ0) is 31.5. The zero-order valence-corrected chi connectivity index (χ0v) is 24.9. The molecule has 0 saturated carbocycles. The number of carbonyl (C=O) groups is 3. The Hall–Kier alpha value is -5.02. The maximum Gasteiger partial charge on any atom is 0.348 e. The van der Waals surface area contributed by atoms with E-state index in [2.05, 4.69) is 0 Å². The van der Waals surface area contributed by atoms with Gasteiger partial charge >= 0.3 is 11.9 Å². The number of ether oxygens (including phenoxy) is 4. The van der Waals surface area contributed by atoms with Crippen LogP contribution in [-0.4, -0.2) is 42.5 Å². The van der Waals surface area contributed by atoms with Gasteiger partial charge in [-0.25, -0.2) is 9.59 Å². The van der Waals surface area contributed by atoms with Gasteiger partial charge in [-0.1, -0.05) is 6.07 Å². The number of rotatable bonds is 14. The van der Waals surface area contributed by atoms with Crippen molar-refractivity contribution in [2.45, 2.75) is 40.7 Å². The summed E-state index contributed by atoms with van der Waals surface area (Å²) in [6.45, 7) is 7.40. The van der Waals surface area contributed by atoms with E-state index in [0.29, 0.717) is 39.7 Å². The van der Waals surface area contributed by atoms with E-state index in [1.165, 1.54) is 18.2 Å². The Morgan fingerprint density at radius 1 is 0.953 bits per heavy atom. The van der Waals surface area contributed by atoms with Crippen molar-refractivity contribution in [3.05, 3.63) is 90.2 Å². The molecule has 2 aromatic carbocycles. The van der Waals surface area contributed by atoms with Gasteiger partial charge in [0.25, 0.3) is 5.69 Å². The highest BCUT2D eigenvalue weighted by Gasteiger charge is 2.28. The standard InChI is InChI=1S/C31H30N2O9S/c1-5-39-26-15-21(10-13-25(26)42-18-20-8-11-23(12-9-20)33(37)38)14-22(17-32)24(34)16-27-28(30(35)40-6-2)19(4)29(43-27)31(36)41-7-3/h8-15H,5-7,16,18H2,1-4H3/b22-14+. The normalized spacial score (nSPS) is 10.9. The van der Waals surface area contributed by atoms with Crippen LogP contribution in [0, 0.1) is 28.4 Å². The van der Waals surface area contributed by atoms with Crippen LogP contribution in [-0.2, 0) is 27.3 Å². The van der Waals surface area contributed by atoms with Crippen molar-refractivity contribution in [3.8, 4) is 17.6 Å². The van der Waals surface area contributed by atoms with Gasteiger partial charge in [0.05, 0.1) is 35.9 Å². The first-order chi connectivity index (χ1) is 20.6. The van der Waals surface area contributed by atoms with Crippen molar-refractivity contribution in [2.24, 2.45) is 0 Å². The molecule has 1 heterocycles. The second-order valence-electron chi connectivity index (χ2n) is 8.92. The summed E-state index contributed by atoms with van der Waals surface area (Å²) in [5.41, 5.74) is 1.50. The molecule has 224 valence electrons. The molecular formula is C31H30N2O9S. The summed E-state index contributed by atoms with van der Waals surface area (Å²) in [6.07, 6.45) is 1.11. The van der Waals surface area contributed by atoms with E-state index in [1.54, 1.807) is 58.0 Å². The number of hydrogen-bond donors (Lipinski definition) is 0. The third-order valence-corrected chi connectivity index (χ3v) is 7.29. The third-order valence-electron chi connectivity index (χ3n) is 6.02. The van der Waals surface area contributed by atoms with E-state index >= 15 is 0 Å². The number of benzene rings is 2. The van der Waals surface area contributed by atoms with Crippen molar-refractivity contribution >= 4 is 40.8 Å². The van der Waals surface area contributed by atoms with Crippen molar-refractivity contribution in [1.82, 2.24) is 0 Å². The second kappa shape index (κ2) is 15.3. The molecule has 12 heteroatoms. The van der Waals surface area contributed by atoms with Crippen molar-refractivity contribution in [2.75, 3.05) is 19.8 Å². The van der Waals surface area contributed by atoms with Crippen LogP contribution in [0.25, 0.3) is 6.08 Å². The average Bonchev–Trinajstić information content (AvgIpc) is 3.31. The SMILES string of the molecule is CCOC(=O)c1sc(CC(=O)/C(C#N)=C/c2ccc(OCc3ccc([N+](=O)[O-])cc3)c(OCC)c2)c(C(=O)OCC)c1C. The number of nitrogens with zero attached hydrogens (tertiary/aromatic N) is 2. The Morgan fingerprint density at radius 2 is 1.63 bits per heavy atom. The lowest BCUT2D eigenvalue weighted by molar-refractivity contribution is -0.384. The van der Waals surface area contributed by atoms with Gasteiger partial charge in [-0.15, -0.1) is 11.3 Å². The number of ketones is 1. The first-order valence-corrected chi connectivity index (χ1v) is 14.2. The first-order valence-electron chi connectivity index (χ1n) is 13.4. The molecule has 0 atom stereocenters. The number of carbonyl (C=O) groups excluding carboxylic acids is 3. The maximum atomic E-state index is 13.2. The Balaban J connectivity index is 1.86. The highest BCUT2D eigenvalue weighted by atomic mass is 32.1. The van der Waals surface area contributed by atoms with E-state index < -0.39 is 22.6 Å². The molecule has 0 amide bonds. The Bertz CT molecular complexity index is 1580. The molecule has 11 nitrogen and oxygen atoms in total. The minimum atomic E-state index is -0.664. The van der Waals surface area contributed by atoms with Crippen LogP contribution in [0.2, 0.25) is 0 Å². The molecule has 0 fully saturated rings. The van der Waals surface area contributed by atoms with Crippen LogP contribution < -0.4 is 9.47 Å². The highest BCUT2D eigenvalue weighted by Crippen LogP contribution is 2.32. The van der Waals surface area contributed by atoms with Gasteiger partial charge < -0.3 is 18.9 Å². The van der Waals surface area contributed by atoms with E-state index in [9.17, 15) is 29.8 Å². The molecule has 1 aromatic heterocycles. The van der Waals surface area contributed by atoms with Gasteiger partial charge in [0.1, 0.15) is 17.6 Å². The number of Topliss-reactive ketones (excluding diaryl/α,β-unsaturated/α-hetero) is 1. The fourth-order valence-electron chi connectivity index (χ4n) is 4.02. The molecule has 0 radical (unpaired) electrons. The highest BCUT2D eigenvalue weighted by molar-refractivity contribution is 7.14. The van der Waals surface area contributed by atoms with Crippen molar-refractivity contribution in [1.29, 1.82) is 5.26 Å². The maximum absolute atomic E-state index is 13.2. The largest absolute Gasteiger partial charge is 0.490 e. The van der Waals surface area contributed by atoms with E-state index in [-0.39, 0.29) is 47.9 Å². The predicted octanol–water partition coefficient (Wildman–Crippen LogP) is 6.01. The van der Waals surface area contributed by atoms with Gasteiger partial charge in [0.2, 0.25) is 0 Å². The second-order valence-corrected chi connectivity index (χ2v) is 10.0. The molecule has 0 N–H and O–H groups in total. The Labute approximate surface area is 252 Å². The predicted molar refractivity (Wildman–Crippen MR) is 158 cm³/mol. The molecule has 0 saturated heterocycles. The van der Waals surface area contributed by atoms with E-state index in [0.717, 1.165) is 11.3 Å². The number of nitro groups is 1. The van der Waals surface area contributed by atoms with Crippen molar-refractivity contribution < 1.29 is 38.3 Å². The summed E-state index contributed by atoms with van der Waals surface area (Å²) in [5, 5.41) is 20.7. The number of nitriles is 1. The summed E-state index contributed by atoms with van der Waals surface area (Å²) >= 11 is 0.965. The molecule has 0 bridgehead atoms. The minimum Gasteiger partial charge on any atom is -0.490 e. The van der Waals surface area contributed by atoms with Crippen LogP contribution >= 0.6 is 11.3 Å².